The van der Waals surface area contributed by atoms with Gasteiger partial charge in [-0.25, -0.2) is 0 Å². The fourth-order valence-electron chi connectivity index (χ4n) is 2.19. The maximum atomic E-state index is 12.5. The van der Waals surface area contributed by atoms with Crippen molar-refractivity contribution in [3.05, 3.63) is 35.4 Å². The molecule has 1 aromatic rings. The van der Waals surface area contributed by atoms with Crippen LogP contribution in [0.1, 0.15) is 29.9 Å². The quantitative estimate of drug-likeness (QED) is 0.821. The van der Waals surface area contributed by atoms with Crippen molar-refractivity contribution in [2.24, 2.45) is 0 Å². The molecule has 1 aliphatic carbocycles. The number of benzene rings is 1. The number of likely N-dealkylation sites (N-methyl/N-ethyl adjacent to an activating group) is 1. The molecule has 2 rings (SSSR count). The highest BCUT2D eigenvalue weighted by Gasteiger charge is 2.34. The normalized spacial score (nSPS) is 25.2. The van der Waals surface area contributed by atoms with Crippen molar-refractivity contribution in [3.8, 4) is 0 Å². The van der Waals surface area contributed by atoms with Crippen LogP contribution in [0.15, 0.2) is 24.3 Å². The van der Waals surface area contributed by atoms with Crippen LogP contribution in [0.4, 0.5) is 13.2 Å². The van der Waals surface area contributed by atoms with Gasteiger partial charge >= 0.3 is 6.18 Å². The SMILES string of the molecule is CNC1CCC1c1cccc(C(F)(F)F)c1. The molecule has 0 radical (unpaired) electrons. The summed E-state index contributed by atoms with van der Waals surface area (Å²) in [6.45, 7) is 0. The highest BCUT2D eigenvalue weighted by atomic mass is 19.4. The van der Waals surface area contributed by atoms with E-state index >= 15 is 0 Å². The summed E-state index contributed by atoms with van der Waals surface area (Å²) in [7, 11) is 1.85. The predicted molar refractivity (Wildman–Crippen MR) is 56.3 cm³/mol. The highest BCUT2D eigenvalue weighted by molar-refractivity contribution is 5.30. The van der Waals surface area contributed by atoms with Crippen molar-refractivity contribution < 1.29 is 13.2 Å². The molecule has 1 fully saturated rings. The first-order valence-electron chi connectivity index (χ1n) is 5.37. The fraction of sp³-hybridized carbons (Fsp3) is 0.500. The lowest BCUT2D eigenvalue weighted by atomic mass is 9.75. The van der Waals surface area contributed by atoms with E-state index in [1.54, 1.807) is 6.07 Å². The van der Waals surface area contributed by atoms with E-state index in [1.807, 2.05) is 7.05 Å². The molecule has 2 unspecified atom stereocenters. The summed E-state index contributed by atoms with van der Waals surface area (Å²) in [5.74, 6) is 0.229. The van der Waals surface area contributed by atoms with Crippen molar-refractivity contribution in [2.75, 3.05) is 7.05 Å². The molecule has 0 saturated heterocycles. The van der Waals surface area contributed by atoms with Gasteiger partial charge in [-0.1, -0.05) is 18.2 Å². The minimum atomic E-state index is -4.24. The van der Waals surface area contributed by atoms with Crippen molar-refractivity contribution in [1.82, 2.24) is 5.32 Å². The molecule has 2 atom stereocenters. The molecule has 16 heavy (non-hydrogen) atoms. The van der Waals surface area contributed by atoms with Gasteiger partial charge < -0.3 is 5.32 Å². The number of hydrogen-bond acceptors (Lipinski definition) is 1. The summed E-state index contributed by atoms with van der Waals surface area (Å²) in [5, 5.41) is 3.13. The van der Waals surface area contributed by atoms with Gasteiger partial charge in [0.1, 0.15) is 0 Å². The lowest BCUT2D eigenvalue weighted by molar-refractivity contribution is -0.137. The molecule has 0 spiro atoms. The molecular weight excluding hydrogens is 215 g/mol. The molecule has 88 valence electrons. The molecule has 1 aliphatic rings. The lowest BCUT2D eigenvalue weighted by Crippen LogP contribution is -2.40. The standard InChI is InChI=1S/C12H14F3N/c1-16-11-6-5-10(11)8-3-2-4-9(7-8)12(13,14)15/h2-4,7,10-11,16H,5-6H2,1H3. The Hall–Kier alpha value is -1.03. The van der Waals surface area contributed by atoms with Gasteiger partial charge in [-0.3, -0.25) is 0 Å². The zero-order valence-electron chi connectivity index (χ0n) is 9.01. The van der Waals surface area contributed by atoms with Crippen LogP contribution in [0.3, 0.4) is 0 Å². The van der Waals surface area contributed by atoms with Gasteiger partial charge in [-0.2, -0.15) is 13.2 Å². The smallest absolute Gasteiger partial charge is 0.316 e. The van der Waals surface area contributed by atoms with E-state index in [4.69, 9.17) is 0 Å². The third kappa shape index (κ3) is 2.07. The van der Waals surface area contributed by atoms with Crippen molar-refractivity contribution in [2.45, 2.75) is 31.0 Å². The molecule has 1 aromatic carbocycles. The Morgan fingerprint density at radius 3 is 2.50 bits per heavy atom. The molecule has 0 heterocycles. The molecule has 1 N–H and O–H groups in total. The summed E-state index contributed by atoms with van der Waals surface area (Å²) in [6.07, 6.45) is -2.24. The monoisotopic (exact) mass is 229 g/mol. The van der Waals surface area contributed by atoms with Gasteiger partial charge in [-0.05, 0) is 37.4 Å². The van der Waals surface area contributed by atoms with Gasteiger partial charge in [-0.15, -0.1) is 0 Å². The maximum Gasteiger partial charge on any atom is 0.416 e. The van der Waals surface area contributed by atoms with E-state index < -0.39 is 11.7 Å². The zero-order valence-corrected chi connectivity index (χ0v) is 9.01. The van der Waals surface area contributed by atoms with Crippen LogP contribution in [-0.2, 0) is 6.18 Å². The number of alkyl halides is 3. The van der Waals surface area contributed by atoms with Gasteiger partial charge in [0.2, 0.25) is 0 Å². The molecule has 0 amide bonds. The van der Waals surface area contributed by atoms with Gasteiger partial charge in [0, 0.05) is 6.04 Å². The average Bonchev–Trinajstić information content (AvgIpc) is 2.16. The molecular formula is C12H14F3N. The van der Waals surface area contributed by atoms with Crippen molar-refractivity contribution in [1.29, 1.82) is 0 Å². The fourth-order valence-corrected chi connectivity index (χ4v) is 2.19. The van der Waals surface area contributed by atoms with E-state index in [0.29, 0.717) is 6.04 Å². The second-order valence-corrected chi connectivity index (χ2v) is 4.20. The molecule has 0 aromatic heterocycles. The first-order chi connectivity index (χ1) is 7.52. The number of halogens is 3. The van der Waals surface area contributed by atoms with Crippen LogP contribution in [0.5, 0.6) is 0 Å². The zero-order chi connectivity index (χ0) is 11.8. The maximum absolute atomic E-state index is 12.5. The van der Waals surface area contributed by atoms with Crippen LogP contribution in [-0.4, -0.2) is 13.1 Å². The minimum absolute atomic E-state index is 0.229. The Bertz CT molecular complexity index is 371. The molecule has 0 aliphatic heterocycles. The van der Waals surface area contributed by atoms with Crippen molar-refractivity contribution >= 4 is 0 Å². The van der Waals surface area contributed by atoms with Gasteiger partial charge in [0.05, 0.1) is 5.56 Å². The van der Waals surface area contributed by atoms with Crippen LogP contribution >= 0.6 is 0 Å². The molecule has 0 bridgehead atoms. The summed E-state index contributed by atoms with van der Waals surface area (Å²) in [4.78, 5) is 0. The Labute approximate surface area is 92.7 Å². The Kier molecular flexibility index (Phi) is 2.93. The summed E-state index contributed by atoms with van der Waals surface area (Å²) < 4.78 is 37.6. The van der Waals surface area contributed by atoms with Crippen LogP contribution in [0.2, 0.25) is 0 Å². The second kappa shape index (κ2) is 4.09. The number of nitrogens with one attached hydrogen (secondary N) is 1. The molecule has 1 saturated carbocycles. The topological polar surface area (TPSA) is 12.0 Å². The Morgan fingerprint density at radius 2 is 2.00 bits per heavy atom. The first kappa shape index (κ1) is 11.5. The number of hydrogen-bond donors (Lipinski definition) is 1. The van der Waals surface area contributed by atoms with E-state index in [0.717, 1.165) is 24.5 Å². The molecule has 4 heteroatoms. The summed E-state index contributed by atoms with van der Waals surface area (Å²) in [5.41, 5.74) is 0.243. The predicted octanol–water partition coefficient (Wildman–Crippen LogP) is 3.17. The largest absolute Gasteiger partial charge is 0.416 e. The lowest BCUT2D eigenvalue weighted by Gasteiger charge is -2.37. The van der Waals surface area contributed by atoms with E-state index in [9.17, 15) is 13.2 Å². The first-order valence-corrected chi connectivity index (χ1v) is 5.37. The van der Waals surface area contributed by atoms with Gasteiger partial charge in [0.25, 0.3) is 0 Å². The third-order valence-electron chi connectivity index (χ3n) is 3.29. The molecule has 1 nitrogen and oxygen atoms in total. The second-order valence-electron chi connectivity index (χ2n) is 4.20. The third-order valence-corrected chi connectivity index (χ3v) is 3.29. The van der Waals surface area contributed by atoms with E-state index in [2.05, 4.69) is 5.32 Å². The average molecular weight is 229 g/mol. The summed E-state index contributed by atoms with van der Waals surface area (Å²) in [6, 6.07) is 5.99. The van der Waals surface area contributed by atoms with Crippen molar-refractivity contribution in [3.63, 3.8) is 0 Å². The van der Waals surface area contributed by atoms with Crippen LogP contribution < -0.4 is 5.32 Å². The number of rotatable bonds is 2. The van der Waals surface area contributed by atoms with E-state index in [1.165, 1.54) is 12.1 Å². The highest BCUT2D eigenvalue weighted by Crippen LogP contribution is 2.39. The van der Waals surface area contributed by atoms with Crippen LogP contribution in [0.25, 0.3) is 0 Å². The Balaban J connectivity index is 2.23. The van der Waals surface area contributed by atoms with E-state index in [-0.39, 0.29) is 5.92 Å². The van der Waals surface area contributed by atoms with Gasteiger partial charge in [0.15, 0.2) is 0 Å². The summed E-state index contributed by atoms with van der Waals surface area (Å²) >= 11 is 0. The Morgan fingerprint density at radius 1 is 1.25 bits per heavy atom. The minimum Gasteiger partial charge on any atom is -0.316 e. The van der Waals surface area contributed by atoms with Crippen LogP contribution in [0, 0.1) is 0 Å².